The number of aromatic nitrogens is 1. The van der Waals surface area contributed by atoms with Gasteiger partial charge in [-0.15, -0.1) is 0 Å². The number of pyridine rings is 1. The fraction of sp³-hybridized carbons (Fsp3) is 0.393. The number of nitrogens with zero attached hydrogens (tertiary/aromatic N) is 2. The van der Waals surface area contributed by atoms with Crippen molar-refractivity contribution in [3.8, 4) is 39.8 Å². The first-order valence-electron chi connectivity index (χ1n) is 12.1. The van der Waals surface area contributed by atoms with Crippen LogP contribution in [0.15, 0.2) is 42.5 Å². The fourth-order valence-electron chi connectivity index (χ4n) is 6.07. The van der Waals surface area contributed by atoms with Gasteiger partial charge in [0.2, 0.25) is 5.88 Å². The zero-order chi connectivity index (χ0) is 22.7. The molecule has 2 fully saturated rings. The molecule has 174 valence electrons. The van der Waals surface area contributed by atoms with Crippen molar-refractivity contribution in [1.29, 1.82) is 0 Å². The van der Waals surface area contributed by atoms with Crippen LogP contribution in [0, 0.1) is 5.41 Å². The highest BCUT2D eigenvalue weighted by Gasteiger charge is 2.45. The number of methoxy groups -OCH3 is 1. The van der Waals surface area contributed by atoms with Crippen molar-refractivity contribution in [3.63, 3.8) is 0 Å². The summed E-state index contributed by atoms with van der Waals surface area (Å²) in [5.41, 5.74) is 8.74. The summed E-state index contributed by atoms with van der Waals surface area (Å²) < 4.78 is 22.9. The number of ether oxygens (including phenoxy) is 4. The van der Waals surface area contributed by atoms with Crippen LogP contribution >= 0.6 is 0 Å². The third kappa shape index (κ3) is 3.20. The summed E-state index contributed by atoms with van der Waals surface area (Å²) in [6, 6.07) is 15.0. The molecule has 0 N–H and O–H groups in total. The monoisotopic (exact) mass is 456 g/mol. The number of likely N-dealkylation sites (tertiary alicyclic amines) is 1. The van der Waals surface area contributed by atoms with Crippen LogP contribution in [0.5, 0.6) is 17.4 Å². The Morgan fingerprint density at radius 3 is 2.68 bits per heavy atom. The molecule has 3 aliphatic heterocycles. The first kappa shape index (κ1) is 20.3. The number of hydrogen-bond acceptors (Lipinski definition) is 6. The van der Waals surface area contributed by atoms with E-state index in [0.29, 0.717) is 18.6 Å². The van der Waals surface area contributed by atoms with Gasteiger partial charge in [0, 0.05) is 49.2 Å². The van der Waals surface area contributed by atoms with E-state index >= 15 is 0 Å². The molecule has 4 aliphatic rings. The van der Waals surface area contributed by atoms with Gasteiger partial charge in [-0.1, -0.05) is 24.3 Å². The van der Waals surface area contributed by atoms with Crippen LogP contribution in [-0.2, 0) is 17.7 Å². The first-order chi connectivity index (χ1) is 16.7. The molecule has 34 heavy (non-hydrogen) atoms. The van der Waals surface area contributed by atoms with Crippen LogP contribution in [0.2, 0.25) is 0 Å². The lowest BCUT2D eigenvalue weighted by atomic mass is 9.79. The predicted octanol–water partition coefficient (Wildman–Crippen LogP) is 4.32. The number of benzene rings is 2. The third-order valence-corrected chi connectivity index (χ3v) is 7.68. The lowest BCUT2D eigenvalue weighted by Crippen LogP contribution is -2.56. The maximum atomic E-state index is 5.83. The second-order valence-electron chi connectivity index (χ2n) is 9.98. The summed E-state index contributed by atoms with van der Waals surface area (Å²) >= 11 is 0. The first-order valence-corrected chi connectivity index (χ1v) is 12.1. The molecule has 0 amide bonds. The van der Waals surface area contributed by atoms with Gasteiger partial charge in [-0.3, -0.25) is 4.90 Å². The van der Waals surface area contributed by atoms with Gasteiger partial charge in [0.1, 0.15) is 13.2 Å². The van der Waals surface area contributed by atoms with E-state index in [1.54, 1.807) is 7.11 Å². The Balaban J connectivity index is 1.20. The standard InChI is InChI=1S/C28H28N2O4/c1-31-27-20(14-30-15-28(16-30)7-8-32-17-28)11-19-12-23-21(3-2-4-22(23)26(19)29-27)18-5-6-24-25(13-18)34-10-9-33-24/h2-6,11,13H,7-10,12,14-17H2,1H3. The average molecular weight is 457 g/mol. The Labute approximate surface area is 199 Å². The smallest absolute Gasteiger partial charge is 0.218 e. The highest BCUT2D eigenvalue weighted by Crippen LogP contribution is 2.45. The Hall–Kier alpha value is -3.09. The fourth-order valence-corrected chi connectivity index (χ4v) is 6.07. The second kappa shape index (κ2) is 7.72. The Morgan fingerprint density at radius 2 is 1.85 bits per heavy atom. The van der Waals surface area contributed by atoms with E-state index in [0.717, 1.165) is 67.9 Å². The molecule has 6 nitrogen and oxygen atoms in total. The second-order valence-corrected chi connectivity index (χ2v) is 9.98. The van der Waals surface area contributed by atoms with Crippen molar-refractivity contribution in [2.24, 2.45) is 5.41 Å². The van der Waals surface area contributed by atoms with E-state index in [2.05, 4.69) is 41.3 Å². The van der Waals surface area contributed by atoms with Crippen LogP contribution in [0.25, 0.3) is 22.4 Å². The molecular weight excluding hydrogens is 428 g/mol. The number of hydrogen-bond donors (Lipinski definition) is 0. The van der Waals surface area contributed by atoms with Gasteiger partial charge in [-0.05, 0) is 46.9 Å². The van der Waals surface area contributed by atoms with Crippen molar-refractivity contribution in [2.45, 2.75) is 19.4 Å². The molecule has 0 bridgehead atoms. The molecule has 1 aliphatic carbocycles. The molecule has 2 aromatic carbocycles. The minimum Gasteiger partial charge on any atom is -0.486 e. The number of fused-ring (bicyclic) bond motifs is 4. The lowest BCUT2D eigenvalue weighted by Gasteiger charge is -2.47. The van der Waals surface area contributed by atoms with Crippen molar-refractivity contribution in [1.82, 2.24) is 9.88 Å². The van der Waals surface area contributed by atoms with Crippen LogP contribution in [0.1, 0.15) is 23.1 Å². The zero-order valence-corrected chi connectivity index (χ0v) is 19.4. The lowest BCUT2D eigenvalue weighted by molar-refractivity contribution is -0.0128. The van der Waals surface area contributed by atoms with E-state index < -0.39 is 0 Å². The molecule has 1 spiro atoms. The van der Waals surface area contributed by atoms with Crippen molar-refractivity contribution < 1.29 is 18.9 Å². The van der Waals surface area contributed by atoms with Gasteiger partial charge in [-0.25, -0.2) is 4.98 Å². The van der Waals surface area contributed by atoms with Crippen LogP contribution in [0.3, 0.4) is 0 Å². The Morgan fingerprint density at radius 1 is 1.00 bits per heavy atom. The molecule has 0 atom stereocenters. The quantitative estimate of drug-likeness (QED) is 0.456. The van der Waals surface area contributed by atoms with Gasteiger partial charge in [0.05, 0.1) is 19.4 Å². The highest BCUT2D eigenvalue weighted by atomic mass is 16.6. The van der Waals surface area contributed by atoms with Crippen LogP contribution < -0.4 is 14.2 Å². The molecule has 0 radical (unpaired) electrons. The molecule has 0 unspecified atom stereocenters. The summed E-state index contributed by atoms with van der Waals surface area (Å²) in [5.74, 6) is 2.37. The molecular formula is C28H28N2O4. The van der Waals surface area contributed by atoms with Crippen LogP contribution in [0.4, 0.5) is 0 Å². The van der Waals surface area contributed by atoms with Crippen LogP contribution in [-0.4, -0.2) is 56.5 Å². The minimum absolute atomic E-state index is 0.381. The normalized spacial score (nSPS) is 19.6. The third-order valence-electron chi connectivity index (χ3n) is 7.68. The molecule has 3 aromatic rings. The molecule has 6 heteroatoms. The van der Waals surface area contributed by atoms with Gasteiger partial charge < -0.3 is 18.9 Å². The minimum atomic E-state index is 0.381. The maximum Gasteiger partial charge on any atom is 0.218 e. The van der Waals surface area contributed by atoms with Crippen molar-refractivity contribution >= 4 is 0 Å². The van der Waals surface area contributed by atoms with E-state index in [4.69, 9.17) is 23.9 Å². The van der Waals surface area contributed by atoms with E-state index in [1.165, 1.54) is 34.2 Å². The van der Waals surface area contributed by atoms with Crippen molar-refractivity contribution in [2.75, 3.05) is 46.6 Å². The summed E-state index contributed by atoms with van der Waals surface area (Å²) in [6.07, 6.45) is 2.05. The summed E-state index contributed by atoms with van der Waals surface area (Å²) in [4.78, 5) is 7.49. The zero-order valence-electron chi connectivity index (χ0n) is 19.4. The van der Waals surface area contributed by atoms with Gasteiger partial charge in [0.15, 0.2) is 11.5 Å². The number of rotatable bonds is 4. The predicted molar refractivity (Wildman–Crippen MR) is 129 cm³/mol. The Kier molecular flexibility index (Phi) is 4.61. The van der Waals surface area contributed by atoms with Gasteiger partial charge in [0.25, 0.3) is 0 Å². The van der Waals surface area contributed by atoms with E-state index in [1.807, 2.05) is 6.07 Å². The molecule has 0 saturated carbocycles. The summed E-state index contributed by atoms with van der Waals surface area (Å²) in [7, 11) is 1.72. The van der Waals surface area contributed by atoms with Gasteiger partial charge >= 0.3 is 0 Å². The van der Waals surface area contributed by atoms with E-state index in [9.17, 15) is 0 Å². The van der Waals surface area contributed by atoms with Gasteiger partial charge in [-0.2, -0.15) is 0 Å². The summed E-state index contributed by atoms with van der Waals surface area (Å²) in [6.45, 7) is 6.07. The summed E-state index contributed by atoms with van der Waals surface area (Å²) in [5, 5.41) is 0. The molecule has 2 saturated heterocycles. The topological polar surface area (TPSA) is 53.1 Å². The van der Waals surface area contributed by atoms with E-state index in [-0.39, 0.29) is 0 Å². The average Bonchev–Trinajstić information content (AvgIpc) is 3.48. The molecule has 1 aromatic heterocycles. The molecule has 4 heterocycles. The van der Waals surface area contributed by atoms with Crippen molar-refractivity contribution in [3.05, 3.63) is 59.2 Å². The molecule has 7 rings (SSSR count). The maximum absolute atomic E-state index is 5.83. The SMILES string of the molecule is COc1nc2c(cc1CN1CC3(CCOC3)C1)Cc1c(-c3ccc4c(c3)OCCO4)cccc1-2. The highest BCUT2D eigenvalue weighted by molar-refractivity contribution is 5.84. The Bertz CT molecular complexity index is 1270. The largest absolute Gasteiger partial charge is 0.486 e.